The van der Waals surface area contributed by atoms with Crippen LogP contribution in [0, 0.1) is 0 Å². The smallest absolute Gasteiger partial charge is 0.00155 e. The van der Waals surface area contributed by atoms with Crippen LogP contribution in [0.5, 0.6) is 0 Å². The Morgan fingerprint density at radius 3 is 2.11 bits per heavy atom. The summed E-state index contributed by atoms with van der Waals surface area (Å²) in [5, 5.41) is 4.82. The largest absolute Gasteiger partial charge is 0.128 e. The summed E-state index contributed by atoms with van der Waals surface area (Å²) in [7, 11) is 0.953. The van der Waals surface area contributed by atoms with Crippen LogP contribution in [-0.2, 0) is 0 Å². The maximum absolute atomic E-state index is 2.50. The molecule has 0 amide bonds. The highest BCUT2D eigenvalue weighted by atomic mass is 31.0. The summed E-state index contributed by atoms with van der Waals surface area (Å²) < 4.78 is 0. The summed E-state index contributed by atoms with van der Waals surface area (Å²) in [6, 6.07) is 11.5. The predicted octanol–water partition coefficient (Wildman–Crippen LogP) is 6.48. The van der Waals surface area contributed by atoms with Gasteiger partial charge >= 0.3 is 0 Å². The molecule has 0 N–H and O–H groups in total. The quantitative estimate of drug-likeness (QED) is 0.557. The highest BCUT2D eigenvalue weighted by molar-refractivity contribution is 7.38. The first kappa shape index (κ1) is 13.3. The van der Waals surface area contributed by atoms with Gasteiger partial charge in [0, 0.05) is 0 Å². The lowest BCUT2D eigenvalue weighted by Gasteiger charge is -2.17. The van der Waals surface area contributed by atoms with Crippen molar-refractivity contribution < 1.29 is 0 Å². The van der Waals surface area contributed by atoms with Crippen LogP contribution >= 0.6 is 8.19 Å². The molecule has 1 unspecified atom stereocenters. The molecule has 1 aromatic carbocycles. The maximum atomic E-state index is 2.50. The average Bonchev–Trinajstić information content (AvgIpc) is 2.88. The zero-order chi connectivity index (χ0) is 12.9. The van der Waals surface area contributed by atoms with Crippen LogP contribution < -0.4 is 0 Å². The number of fused-ring (bicyclic) bond motifs is 1. The van der Waals surface area contributed by atoms with E-state index in [-0.39, 0.29) is 0 Å². The van der Waals surface area contributed by atoms with Crippen molar-refractivity contribution in [1.82, 2.24) is 0 Å². The molecule has 2 aromatic rings. The highest BCUT2D eigenvalue weighted by Gasteiger charge is 2.14. The van der Waals surface area contributed by atoms with Crippen molar-refractivity contribution >= 4 is 18.7 Å². The van der Waals surface area contributed by atoms with Crippen molar-refractivity contribution in [1.29, 1.82) is 0 Å². The van der Waals surface area contributed by atoms with Crippen LogP contribution in [0.15, 0.2) is 30.3 Å². The first-order chi connectivity index (χ1) is 9.43. The summed E-state index contributed by atoms with van der Waals surface area (Å²) in [6.07, 6.45) is 13.1. The third kappa shape index (κ3) is 3.42. The van der Waals surface area contributed by atoms with Crippen LogP contribution in [0.25, 0.3) is 10.5 Å². The molecule has 19 heavy (non-hydrogen) atoms. The van der Waals surface area contributed by atoms with E-state index < -0.39 is 0 Å². The summed E-state index contributed by atoms with van der Waals surface area (Å²) >= 11 is 0. The van der Waals surface area contributed by atoms with E-state index in [4.69, 9.17) is 0 Å². The zero-order valence-electron chi connectivity index (χ0n) is 11.8. The lowest BCUT2D eigenvalue weighted by atomic mass is 9.91. The van der Waals surface area contributed by atoms with Crippen molar-refractivity contribution in [2.75, 3.05) is 0 Å². The normalized spacial score (nSPS) is 20.0. The number of hydrogen-bond donors (Lipinski definition) is 0. The zero-order valence-corrected chi connectivity index (χ0v) is 12.8. The van der Waals surface area contributed by atoms with Gasteiger partial charge in [0.05, 0.1) is 0 Å². The van der Waals surface area contributed by atoms with Gasteiger partial charge in [0.2, 0.25) is 0 Å². The Hall–Kier alpha value is -0.740. The second-order valence-corrected chi connectivity index (χ2v) is 7.43. The molecular weight excluding hydrogens is 247 g/mol. The minimum Gasteiger partial charge on any atom is -0.128 e. The van der Waals surface area contributed by atoms with Gasteiger partial charge in [-0.1, -0.05) is 69.2 Å². The first-order valence-corrected chi connectivity index (χ1v) is 9.01. The molecule has 1 fully saturated rings. The Bertz CT molecular complexity index is 468. The Kier molecular flexibility index (Phi) is 4.62. The van der Waals surface area contributed by atoms with E-state index in [9.17, 15) is 0 Å². The summed E-state index contributed by atoms with van der Waals surface area (Å²) in [5.74, 6) is 0.879. The molecule has 0 spiro atoms. The van der Waals surface area contributed by atoms with E-state index in [0.29, 0.717) is 0 Å². The Balaban J connectivity index is 1.76. The fourth-order valence-corrected chi connectivity index (χ4v) is 4.95. The first-order valence-electron chi connectivity index (χ1n) is 8.01. The number of hydrogen-bond acceptors (Lipinski definition) is 0. The Morgan fingerprint density at radius 1 is 0.789 bits per heavy atom. The van der Waals surface area contributed by atoms with E-state index in [2.05, 4.69) is 30.3 Å². The Labute approximate surface area is 118 Å². The number of rotatable bonds is 1. The highest BCUT2D eigenvalue weighted by Crippen LogP contribution is 2.40. The average molecular weight is 272 g/mol. The molecule has 1 atom stereocenters. The van der Waals surface area contributed by atoms with Crippen LogP contribution in [0.2, 0.25) is 0 Å². The van der Waals surface area contributed by atoms with Crippen molar-refractivity contribution in [2.24, 2.45) is 0 Å². The molecule has 1 heterocycles. The van der Waals surface area contributed by atoms with E-state index in [1.54, 1.807) is 10.4 Å². The van der Waals surface area contributed by atoms with E-state index in [1.165, 1.54) is 63.2 Å². The molecule has 3 rings (SSSR count). The van der Waals surface area contributed by atoms with Gasteiger partial charge in [-0.3, -0.25) is 0 Å². The molecule has 1 saturated carbocycles. The maximum Gasteiger partial charge on any atom is -0.00155 e. The molecule has 1 heteroatoms. The molecule has 1 aliphatic rings. The van der Waals surface area contributed by atoms with E-state index in [1.807, 2.05) is 0 Å². The van der Waals surface area contributed by atoms with Crippen LogP contribution in [0.4, 0.5) is 0 Å². The van der Waals surface area contributed by atoms with Crippen molar-refractivity contribution in [2.45, 2.75) is 63.7 Å². The predicted molar refractivity (Wildman–Crippen MR) is 87.7 cm³/mol. The molecule has 0 radical (unpaired) electrons. The second kappa shape index (κ2) is 6.62. The van der Waals surface area contributed by atoms with Crippen LogP contribution in [0.3, 0.4) is 0 Å². The summed E-state index contributed by atoms with van der Waals surface area (Å²) in [6.45, 7) is 0. The van der Waals surface area contributed by atoms with Gasteiger partial charge in [0.1, 0.15) is 0 Å². The van der Waals surface area contributed by atoms with Gasteiger partial charge in [-0.05, 0) is 40.6 Å². The van der Waals surface area contributed by atoms with E-state index >= 15 is 0 Å². The molecule has 1 aliphatic carbocycles. The fraction of sp³-hybridized carbons (Fsp3) is 0.556. The van der Waals surface area contributed by atoms with Crippen LogP contribution in [0.1, 0.15) is 69.0 Å². The van der Waals surface area contributed by atoms with E-state index in [0.717, 1.165) is 14.1 Å². The molecule has 0 bridgehead atoms. The van der Waals surface area contributed by atoms with Gasteiger partial charge in [0.25, 0.3) is 0 Å². The molecular formula is C18H25P. The molecule has 0 nitrogen and oxygen atoms in total. The third-order valence-corrected chi connectivity index (χ3v) is 6.16. The molecule has 0 saturated heterocycles. The monoisotopic (exact) mass is 272 g/mol. The number of benzene rings is 1. The third-order valence-electron chi connectivity index (χ3n) is 4.60. The standard InChI is InChI=1S/C18H25P/c1-2-4-6-10-15(11-7-5-3-1)18-14-16-12-8-9-13-17(16)19-18/h8-9,12-15,19H,1-7,10-11H2. The minimum absolute atomic E-state index is 0.879. The second-order valence-electron chi connectivity index (χ2n) is 6.06. The summed E-state index contributed by atoms with van der Waals surface area (Å²) in [5.41, 5.74) is 0. The van der Waals surface area contributed by atoms with Crippen molar-refractivity contribution in [3.8, 4) is 0 Å². The lowest BCUT2D eigenvalue weighted by molar-refractivity contribution is 0.466. The van der Waals surface area contributed by atoms with Gasteiger partial charge < -0.3 is 0 Å². The van der Waals surface area contributed by atoms with Crippen LogP contribution in [-0.4, -0.2) is 0 Å². The minimum atomic E-state index is 0.879. The van der Waals surface area contributed by atoms with Gasteiger partial charge in [-0.15, -0.1) is 8.19 Å². The van der Waals surface area contributed by atoms with Gasteiger partial charge in [-0.25, -0.2) is 0 Å². The van der Waals surface area contributed by atoms with Gasteiger partial charge in [-0.2, -0.15) is 0 Å². The summed E-state index contributed by atoms with van der Waals surface area (Å²) in [4.78, 5) is 0. The Morgan fingerprint density at radius 2 is 1.42 bits per heavy atom. The molecule has 102 valence electrons. The molecule has 0 aliphatic heterocycles. The van der Waals surface area contributed by atoms with Crippen molar-refractivity contribution in [3.05, 3.63) is 35.6 Å². The lowest BCUT2D eigenvalue weighted by Crippen LogP contribution is -1.98. The topological polar surface area (TPSA) is 0 Å². The van der Waals surface area contributed by atoms with Gasteiger partial charge in [0.15, 0.2) is 0 Å². The van der Waals surface area contributed by atoms with Crippen molar-refractivity contribution in [3.63, 3.8) is 0 Å². The SMILES string of the molecule is c1ccc2[pH]c(C3CCCCCCCCC3)cc2c1. The molecule has 1 aromatic heterocycles. The fourth-order valence-electron chi connectivity index (χ4n) is 3.44.